The van der Waals surface area contributed by atoms with E-state index < -0.39 is 6.09 Å². The summed E-state index contributed by atoms with van der Waals surface area (Å²) in [4.78, 5) is 26.3. The number of ketones is 1. The van der Waals surface area contributed by atoms with E-state index in [-0.39, 0.29) is 0 Å². The smallest absolute Gasteiger partial charge is 0.407 e. The Morgan fingerprint density at radius 3 is 2.55 bits per heavy atom. The highest BCUT2D eigenvalue weighted by Crippen LogP contribution is 2.29. The zero-order valence-corrected chi connectivity index (χ0v) is 11.3. The molecular weight excluding hydrogens is 256 g/mol. The van der Waals surface area contributed by atoms with Gasteiger partial charge >= 0.3 is 6.09 Å². The average molecular weight is 274 g/mol. The third-order valence-electron chi connectivity index (χ3n) is 4.19. The third-order valence-corrected chi connectivity index (χ3v) is 4.19. The summed E-state index contributed by atoms with van der Waals surface area (Å²) < 4.78 is 0. The predicted octanol–water partition coefficient (Wildman–Crippen LogP) is 1.54. The molecule has 0 aromatic heterocycles. The minimum atomic E-state index is -0.852. The number of amides is 1. The minimum Gasteiger partial charge on any atom is -0.465 e. The van der Waals surface area contributed by atoms with E-state index in [2.05, 4.69) is 11.0 Å². The number of rotatable bonds is 1. The molecule has 5 heteroatoms. The number of anilines is 1. The molecule has 1 saturated heterocycles. The Kier molecular flexibility index (Phi) is 3.34. The fraction of sp³-hybridized carbons (Fsp3) is 0.467. The number of carbonyl (C=O) groups is 2. The maximum atomic E-state index is 11.7. The largest absolute Gasteiger partial charge is 0.465 e. The van der Waals surface area contributed by atoms with E-state index in [0.717, 1.165) is 17.7 Å². The van der Waals surface area contributed by atoms with Gasteiger partial charge in [-0.15, -0.1) is 0 Å². The van der Waals surface area contributed by atoms with Gasteiger partial charge in [-0.25, -0.2) is 4.79 Å². The topological polar surface area (TPSA) is 60.9 Å². The normalized spacial score (nSPS) is 18.9. The van der Waals surface area contributed by atoms with Crippen LogP contribution in [-0.2, 0) is 17.6 Å². The molecule has 1 amide bonds. The summed E-state index contributed by atoms with van der Waals surface area (Å²) in [6.07, 6.45) is 1.14. The lowest BCUT2D eigenvalue weighted by Gasteiger charge is -2.36. The number of carbonyl (C=O) groups excluding carboxylic acids is 1. The number of hydrogen-bond acceptors (Lipinski definition) is 3. The first-order chi connectivity index (χ1) is 9.65. The monoisotopic (exact) mass is 274 g/mol. The standard InChI is InChI=1S/C15H18N2O3/c18-12-5-4-11-2-1-3-14(13(11)10-12)16-6-8-17(9-7-16)15(19)20/h1-3H,4-10H2,(H,19,20). The van der Waals surface area contributed by atoms with E-state index in [9.17, 15) is 9.59 Å². The zero-order valence-electron chi connectivity index (χ0n) is 11.3. The first-order valence-corrected chi connectivity index (χ1v) is 7.00. The number of Topliss-reactive ketones (excluding diaryl/α,β-unsaturated/α-hetero) is 1. The molecule has 5 nitrogen and oxygen atoms in total. The summed E-state index contributed by atoms with van der Waals surface area (Å²) >= 11 is 0. The summed E-state index contributed by atoms with van der Waals surface area (Å²) in [5.74, 6) is 0.300. The highest BCUT2D eigenvalue weighted by molar-refractivity contribution is 5.85. The lowest BCUT2D eigenvalue weighted by Crippen LogP contribution is -2.48. The molecular formula is C15H18N2O3. The molecule has 0 bridgehead atoms. The molecule has 1 heterocycles. The number of fused-ring (bicyclic) bond motifs is 1. The molecule has 0 radical (unpaired) electrons. The van der Waals surface area contributed by atoms with E-state index in [1.165, 1.54) is 10.5 Å². The third kappa shape index (κ3) is 2.35. The summed E-state index contributed by atoms with van der Waals surface area (Å²) in [6, 6.07) is 6.18. The van der Waals surface area contributed by atoms with E-state index in [4.69, 9.17) is 5.11 Å². The first-order valence-electron chi connectivity index (χ1n) is 7.00. The Morgan fingerprint density at radius 1 is 1.10 bits per heavy atom. The predicted molar refractivity (Wildman–Crippen MR) is 75.3 cm³/mol. The molecule has 106 valence electrons. The van der Waals surface area contributed by atoms with Crippen LogP contribution >= 0.6 is 0 Å². The molecule has 1 fully saturated rings. The van der Waals surface area contributed by atoms with Gasteiger partial charge in [0.15, 0.2) is 0 Å². The second-order valence-electron chi connectivity index (χ2n) is 5.39. The molecule has 0 unspecified atom stereocenters. The molecule has 1 N–H and O–H groups in total. The van der Waals surface area contributed by atoms with Gasteiger partial charge in [-0.1, -0.05) is 12.1 Å². The van der Waals surface area contributed by atoms with Crippen molar-refractivity contribution in [3.05, 3.63) is 29.3 Å². The van der Waals surface area contributed by atoms with Crippen molar-refractivity contribution in [1.29, 1.82) is 0 Å². The highest BCUT2D eigenvalue weighted by Gasteiger charge is 2.25. The molecule has 1 aromatic rings. The van der Waals surface area contributed by atoms with E-state index in [1.54, 1.807) is 0 Å². The number of piperazine rings is 1. The van der Waals surface area contributed by atoms with Crippen LogP contribution in [0.4, 0.5) is 10.5 Å². The lowest BCUT2D eigenvalue weighted by atomic mass is 9.89. The molecule has 3 rings (SSSR count). The maximum Gasteiger partial charge on any atom is 0.407 e. The van der Waals surface area contributed by atoms with Crippen LogP contribution in [0, 0.1) is 0 Å². The number of hydrogen-bond donors (Lipinski definition) is 1. The van der Waals surface area contributed by atoms with Crippen LogP contribution in [0.1, 0.15) is 17.5 Å². The number of nitrogens with zero attached hydrogens (tertiary/aromatic N) is 2. The Hall–Kier alpha value is -2.04. The van der Waals surface area contributed by atoms with Gasteiger partial charge in [0.2, 0.25) is 0 Å². The summed E-state index contributed by atoms with van der Waals surface area (Å²) in [5, 5.41) is 8.98. The van der Waals surface area contributed by atoms with Gasteiger partial charge < -0.3 is 14.9 Å². The summed E-state index contributed by atoms with van der Waals surface area (Å²) in [7, 11) is 0. The molecule has 1 aromatic carbocycles. The molecule has 1 aliphatic heterocycles. The molecule has 0 atom stereocenters. The van der Waals surface area contributed by atoms with Crippen molar-refractivity contribution in [1.82, 2.24) is 4.90 Å². The van der Waals surface area contributed by atoms with Gasteiger partial charge in [-0.2, -0.15) is 0 Å². The summed E-state index contributed by atoms with van der Waals surface area (Å²) in [6.45, 7) is 2.42. The zero-order chi connectivity index (χ0) is 14.1. The van der Waals surface area contributed by atoms with Crippen LogP contribution in [0.5, 0.6) is 0 Å². The summed E-state index contributed by atoms with van der Waals surface area (Å²) in [5.41, 5.74) is 3.52. The Bertz CT molecular complexity index is 548. The SMILES string of the molecule is O=C1CCc2cccc(N3CCN(C(=O)O)CC3)c2C1. The van der Waals surface area contributed by atoms with E-state index in [1.807, 2.05) is 12.1 Å². The molecule has 20 heavy (non-hydrogen) atoms. The molecule has 0 saturated carbocycles. The number of aryl methyl sites for hydroxylation is 1. The van der Waals surface area contributed by atoms with Crippen LogP contribution < -0.4 is 4.90 Å². The maximum absolute atomic E-state index is 11.7. The van der Waals surface area contributed by atoms with E-state index >= 15 is 0 Å². The van der Waals surface area contributed by atoms with Crippen LogP contribution in [-0.4, -0.2) is 48.1 Å². The van der Waals surface area contributed by atoms with E-state index in [0.29, 0.717) is 44.8 Å². The Labute approximate surface area is 117 Å². The second kappa shape index (κ2) is 5.15. The Balaban J connectivity index is 1.82. The quantitative estimate of drug-likeness (QED) is 0.844. The van der Waals surface area contributed by atoms with Crippen molar-refractivity contribution >= 4 is 17.6 Å². The first kappa shape index (κ1) is 13.0. The minimum absolute atomic E-state index is 0.300. The molecule has 2 aliphatic rings. The molecule has 0 spiro atoms. The van der Waals surface area contributed by atoms with Gasteiger partial charge in [0.1, 0.15) is 5.78 Å². The van der Waals surface area contributed by atoms with Gasteiger partial charge in [0.05, 0.1) is 0 Å². The van der Waals surface area contributed by atoms with Crippen LogP contribution in [0.3, 0.4) is 0 Å². The average Bonchev–Trinajstić information content (AvgIpc) is 2.46. The van der Waals surface area contributed by atoms with Crippen LogP contribution in [0.25, 0.3) is 0 Å². The van der Waals surface area contributed by atoms with Crippen LogP contribution in [0.2, 0.25) is 0 Å². The Morgan fingerprint density at radius 2 is 1.85 bits per heavy atom. The fourth-order valence-corrected chi connectivity index (χ4v) is 3.05. The highest BCUT2D eigenvalue weighted by atomic mass is 16.4. The van der Waals surface area contributed by atoms with Gasteiger partial charge in [0.25, 0.3) is 0 Å². The van der Waals surface area contributed by atoms with Crippen molar-refractivity contribution in [3.8, 4) is 0 Å². The number of carboxylic acid groups (broad SMARTS) is 1. The van der Waals surface area contributed by atoms with Crippen molar-refractivity contribution in [2.75, 3.05) is 31.1 Å². The second-order valence-corrected chi connectivity index (χ2v) is 5.39. The lowest BCUT2D eigenvalue weighted by molar-refractivity contribution is -0.118. The fourth-order valence-electron chi connectivity index (χ4n) is 3.05. The van der Waals surface area contributed by atoms with Crippen molar-refractivity contribution < 1.29 is 14.7 Å². The van der Waals surface area contributed by atoms with Gasteiger partial charge in [-0.3, -0.25) is 4.79 Å². The van der Waals surface area contributed by atoms with Gasteiger partial charge in [-0.05, 0) is 23.6 Å². The number of benzene rings is 1. The van der Waals surface area contributed by atoms with Crippen molar-refractivity contribution in [2.45, 2.75) is 19.3 Å². The van der Waals surface area contributed by atoms with Crippen molar-refractivity contribution in [3.63, 3.8) is 0 Å². The molecule has 1 aliphatic carbocycles. The van der Waals surface area contributed by atoms with Gasteiger partial charge in [0, 0.05) is 44.7 Å². The van der Waals surface area contributed by atoms with Crippen LogP contribution in [0.15, 0.2) is 18.2 Å². The van der Waals surface area contributed by atoms with Crippen molar-refractivity contribution in [2.24, 2.45) is 0 Å².